The summed E-state index contributed by atoms with van der Waals surface area (Å²) in [5, 5.41) is 4.84. The summed E-state index contributed by atoms with van der Waals surface area (Å²) >= 11 is 8.10. The monoisotopic (exact) mass is 407 g/mol. The molecule has 0 bridgehead atoms. The summed E-state index contributed by atoms with van der Waals surface area (Å²) in [6, 6.07) is 15.9. The molecule has 5 nitrogen and oxygen atoms in total. The highest BCUT2D eigenvalue weighted by Gasteiger charge is 2.22. The van der Waals surface area contributed by atoms with Crippen LogP contribution in [0.5, 0.6) is 0 Å². The van der Waals surface area contributed by atoms with E-state index in [4.69, 9.17) is 21.6 Å². The Balaban J connectivity index is 1.53. The molecule has 28 heavy (non-hydrogen) atoms. The second-order valence-electron chi connectivity index (χ2n) is 6.66. The standard InChI is InChI=1S/C21H18ClN5S/c22-17-7-3-1-5-15(17)19-24-18-8-4-2-6-16(18)20(25-19)26-10-12-27(13-11-26)21-23-9-14-28-21/h1-9,14H,10-13H2. The minimum atomic E-state index is 0.664. The second-order valence-corrected chi connectivity index (χ2v) is 7.94. The lowest BCUT2D eigenvalue weighted by atomic mass is 10.1. The average Bonchev–Trinajstić information content (AvgIpc) is 3.28. The normalized spacial score (nSPS) is 14.6. The third-order valence-electron chi connectivity index (χ3n) is 4.97. The van der Waals surface area contributed by atoms with E-state index in [1.54, 1.807) is 11.3 Å². The number of fused-ring (bicyclic) bond motifs is 1. The minimum Gasteiger partial charge on any atom is -0.352 e. The molecule has 140 valence electrons. The summed E-state index contributed by atoms with van der Waals surface area (Å²) in [7, 11) is 0. The molecule has 3 heterocycles. The zero-order valence-electron chi connectivity index (χ0n) is 15.1. The molecule has 0 saturated carbocycles. The summed E-state index contributed by atoms with van der Waals surface area (Å²) in [5.41, 5.74) is 1.79. The van der Waals surface area contributed by atoms with E-state index >= 15 is 0 Å². The van der Waals surface area contributed by atoms with Crippen molar-refractivity contribution in [1.29, 1.82) is 0 Å². The maximum atomic E-state index is 6.42. The smallest absolute Gasteiger partial charge is 0.185 e. The number of hydrogen-bond acceptors (Lipinski definition) is 6. The Labute approximate surface area is 172 Å². The van der Waals surface area contributed by atoms with Gasteiger partial charge in [-0.05, 0) is 24.3 Å². The second kappa shape index (κ2) is 7.37. The summed E-state index contributed by atoms with van der Waals surface area (Å²) in [6.07, 6.45) is 1.86. The van der Waals surface area contributed by atoms with Crippen LogP contribution >= 0.6 is 22.9 Å². The van der Waals surface area contributed by atoms with Crippen LogP contribution in [0.15, 0.2) is 60.1 Å². The minimum absolute atomic E-state index is 0.664. The molecule has 1 saturated heterocycles. The van der Waals surface area contributed by atoms with Crippen molar-refractivity contribution in [2.45, 2.75) is 0 Å². The third-order valence-corrected chi connectivity index (χ3v) is 6.13. The van der Waals surface area contributed by atoms with Gasteiger partial charge in [-0.3, -0.25) is 0 Å². The molecule has 2 aromatic heterocycles. The first-order valence-corrected chi connectivity index (χ1v) is 10.5. The van der Waals surface area contributed by atoms with E-state index in [1.165, 1.54) is 0 Å². The van der Waals surface area contributed by atoms with E-state index in [0.29, 0.717) is 10.8 Å². The maximum absolute atomic E-state index is 6.42. The Morgan fingerprint density at radius 1 is 0.857 bits per heavy atom. The Morgan fingerprint density at radius 3 is 2.39 bits per heavy atom. The Morgan fingerprint density at radius 2 is 1.61 bits per heavy atom. The third kappa shape index (κ3) is 3.19. The molecule has 4 aromatic rings. The van der Waals surface area contributed by atoms with Crippen molar-refractivity contribution in [3.05, 3.63) is 65.1 Å². The lowest BCUT2D eigenvalue weighted by Crippen LogP contribution is -2.47. The highest BCUT2D eigenvalue weighted by atomic mass is 35.5. The van der Waals surface area contributed by atoms with Gasteiger partial charge in [-0.1, -0.05) is 35.9 Å². The van der Waals surface area contributed by atoms with Crippen molar-refractivity contribution in [3.63, 3.8) is 0 Å². The number of rotatable bonds is 3. The lowest BCUT2D eigenvalue weighted by Gasteiger charge is -2.35. The Bertz CT molecular complexity index is 1110. The van der Waals surface area contributed by atoms with Gasteiger partial charge in [0.2, 0.25) is 0 Å². The zero-order chi connectivity index (χ0) is 18.9. The van der Waals surface area contributed by atoms with Crippen LogP contribution in [0, 0.1) is 0 Å². The highest BCUT2D eigenvalue weighted by Crippen LogP contribution is 2.31. The molecule has 0 N–H and O–H groups in total. The van der Waals surface area contributed by atoms with Crippen molar-refractivity contribution in [3.8, 4) is 11.4 Å². The number of para-hydroxylation sites is 1. The number of aromatic nitrogens is 3. The summed E-state index contributed by atoms with van der Waals surface area (Å²) in [5.74, 6) is 1.64. The van der Waals surface area contributed by atoms with Crippen LogP contribution in [0.1, 0.15) is 0 Å². The van der Waals surface area contributed by atoms with Gasteiger partial charge in [0.25, 0.3) is 0 Å². The van der Waals surface area contributed by atoms with Crippen molar-refractivity contribution >= 4 is 44.8 Å². The first-order valence-electron chi connectivity index (χ1n) is 9.21. The summed E-state index contributed by atoms with van der Waals surface area (Å²) in [4.78, 5) is 18.8. The van der Waals surface area contributed by atoms with E-state index in [9.17, 15) is 0 Å². The number of hydrogen-bond donors (Lipinski definition) is 0. The fraction of sp³-hybridized carbons (Fsp3) is 0.190. The first kappa shape index (κ1) is 17.4. The average molecular weight is 408 g/mol. The van der Waals surface area contributed by atoms with Crippen molar-refractivity contribution in [2.75, 3.05) is 36.0 Å². The largest absolute Gasteiger partial charge is 0.352 e. The van der Waals surface area contributed by atoms with Crippen molar-refractivity contribution < 1.29 is 0 Å². The number of piperazine rings is 1. The molecule has 0 unspecified atom stereocenters. The molecule has 0 spiro atoms. The fourth-order valence-corrected chi connectivity index (χ4v) is 4.46. The number of thiazole rings is 1. The van der Waals surface area contributed by atoms with E-state index in [0.717, 1.165) is 53.6 Å². The molecule has 0 radical (unpaired) electrons. The fourth-order valence-electron chi connectivity index (χ4n) is 3.55. The predicted molar refractivity (Wildman–Crippen MR) is 117 cm³/mol. The predicted octanol–water partition coefficient (Wildman–Crippen LogP) is 4.73. The molecule has 1 aliphatic rings. The molecule has 0 atom stereocenters. The number of halogens is 1. The zero-order valence-corrected chi connectivity index (χ0v) is 16.7. The number of benzene rings is 2. The molecular formula is C21H18ClN5S. The number of anilines is 2. The van der Waals surface area contributed by atoms with Gasteiger partial charge in [-0.25, -0.2) is 15.0 Å². The van der Waals surface area contributed by atoms with Crippen LogP contribution < -0.4 is 9.80 Å². The van der Waals surface area contributed by atoms with Gasteiger partial charge in [0.1, 0.15) is 5.82 Å². The van der Waals surface area contributed by atoms with E-state index in [1.807, 2.05) is 54.0 Å². The van der Waals surface area contributed by atoms with E-state index in [2.05, 4.69) is 20.9 Å². The number of nitrogens with zero attached hydrogens (tertiary/aromatic N) is 5. The van der Waals surface area contributed by atoms with E-state index in [-0.39, 0.29) is 0 Å². The molecule has 0 amide bonds. The maximum Gasteiger partial charge on any atom is 0.185 e. The van der Waals surface area contributed by atoms with Gasteiger partial charge in [-0.15, -0.1) is 11.3 Å². The van der Waals surface area contributed by atoms with Gasteiger partial charge >= 0.3 is 0 Å². The van der Waals surface area contributed by atoms with Gasteiger partial charge < -0.3 is 9.80 Å². The van der Waals surface area contributed by atoms with Crippen LogP contribution in [-0.4, -0.2) is 41.1 Å². The van der Waals surface area contributed by atoms with Crippen LogP contribution in [0.2, 0.25) is 5.02 Å². The summed E-state index contributed by atoms with van der Waals surface area (Å²) < 4.78 is 0. The molecule has 0 aliphatic carbocycles. The lowest BCUT2D eigenvalue weighted by molar-refractivity contribution is 0.648. The van der Waals surface area contributed by atoms with Crippen molar-refractivity contribution in [2.24, 2.45) is 0 Å². The van der Waals surface area contributed by atoms with Crippen molar-refractivity contribution in [1.82, 2.24) is 15.0 Å². The molecular weight excluding hydrogens is 390 g/mol. The van der Waals surface area contributed by atoms with Gasteiger partial charge in [0.05, 0.1) is 10.5 Å². The molecule has 1 aliphatic heterocycles. The quantitative estimate of drug-likeness (QED) is 0.491. The van der Waals surface area contributed by atoms with Crippen LogP contribution in [0.25, 0.3) is 22.3 Å². The highest BCUT2D eigenvalue weighted by molar-refractivity contribution is 7.13. The summed E-state index contributed by atoms with van der Waals surface area (Å²) in [6.45, 7) is 3.63. The molecule has 7 heteroatoms. The van der Waals surface area contributed by atoms with Gasteiger partial charge in [0.15, 0.2) is 11.0 Å². The molecule has 1 fully saturated rings. The molecule has 2 aromatic carbocycles. The molecule has 5 rings (SSSR count). The van der Waals surface area contributed by atoms with E-state index < -0.39 is 0 Å². The Hall–Kier alpha value is -2.70. The van der Waals surface area contributed by atoms with Gasteiger partial charge in [-0.2, -0.15) is 0 Å². The van der Waals surface area contributed by atoms with Crippen LogP contribution in [-0.2, 0) is 0 Å². The topological polar surface area (TPSA) is 45.2 Å². The van der Waals surface area contributed by atoms with Crippen LogP contribution in [0.3, 0.4) is 0 Å². The first-order chi connectivity index (χ1) is 13.8. The Kier molecular flexibility index (Phi) is 4.58. The SMILES string of the molecule is Clc1ccccc1-c1nc(N2CCN(c3nccs3)CC2)c2ccccc2n1. The van der Waals surface area contributed by atoms with Crippen LogP contribution in [0.4, 0.5) is 10.9 Å². The van der Waals surface area contributed by atoms with Gasteiger partial charge in [0, 0.05) is 48.7 Å².